The first-order valence-electron chi connectivity index (χ1n) is 6.57. The molecule has 0 radical (unpaired) electrons. The largest absolute Gasteiger partial charge is 0.454 e. The molecule has 0 saturated carbocycles. The number of benzene rings is 1. The molecule has 1 fully saturated rings. The van der Waals surface area contributed by atoms with Gasteiger partial charge in [0, 0.05) is 0 Å². The van der Waals surface area contributed by atoms with Crippen molar-refractivity contribution in [1.29, 1.82) is 5.26 Å². The van der Waals surface area contributed by atoms with Gasteiger partial charge in [-0.2, -0.15) is 5.26 Å². The summed E-state index contributed by atoms with van der Waals surface area (Å²) in [5, 5.41) is 9.53. The summed E-state index contributed by atoms with van der Waals surface area (Å²) in [5.74, 6) is 1.42. The van der Waals surface area contributed by atoms with E-state index in [9.17, 15) is 10.1 Å². The van der Waals surface area contributed by atoms with Crippen LogP contribution in [0.25, 0.3) is 0 Å². The molecule has 2 aliphatic heterocycles. The number of likely N-dealkylation sites (tertiary alicyclic amines) is 1. The first-order chi connectivity index (χ1) is 9.59. The van der Waals surface area contributed by atoms with Crippen molar-refractivity contribution in [2.45, 2.75) is 25.4 Å². The molecule has 1 saturated heterocycles. The number of aldehydes is 1. The van der Waals surface area contributed by atoms with Gasteiger partial charge in [0.15, 0.2) is 11.5 Å². The van der Waals surface area contributed by atoms with E-state index in [1.807, 2.05) is 37.1 Å². The Morgan fingerprint density at radius 3 is 2.90 bits per heavy atom. The molecule has 0 aliphatic carbocycles. The van der Waals surface area contributed by atoms with Gasteiger partial charge in [-0.1, -0.05) is 6.07 Å². The molecule has 3 rings (SSSR count). The lowest BCUT2D eigenvalue weighted by Crippen LogP contribution is -2.30. The quantitative estimate of drug-likeness (QED) is 0.769. The van der Waals surface area contributed by atoms with Crippen molar-refractivity contribution in [1.82, 2.24) is 4.90 Å². The number of ether oxygens (including phenoxy) is 2. The number of rotatable bonds is 2. The second kappa shape index (κ2) is 4.50. The Labute approximate surface area is 117 Å². The summed E-state index contributed by atoms with van der Waals surface area (Å²) in [6.07, 6.45) is 1.46. The molecular weight excluding hydrogens is 256 g/mol. The molecule has 20 heavy (non-hydrogen) atoms. The smallest absolute Gasteiger partial charge is 0.231 e. The third kappa shape index (κ3) is 1.76. The van der Waals surface area contributed by atoms with Gasteiger partial charge in [0.2, 0.25) is 6.79 Å². The molecule has 0 N–H and O–H groups in total. The van der Waals surface area contributed by atoms with Crippen LogP contribution in [0.2, 0.25) is 0 Å². The molecule has 3 atom stereocenters. The van der Waals surface area contributed by atoms with Crippen LogP contribution < -0.4 is 9.47 Å². The van der Waals surface area contributed by atoms with E-state index in [0.717, 1.165) is 17.6 Å². The summed E-state index contributed by atoms with van der Waals surface area (Å²) in [6, 6.07) is 7.73. The standard InChI is InChI=1S/C15H16N2O3/c1-15(8-16)6-11(7-18)17(2)14(15)10-3-4-12-13(5-10)20-9-19-12/h3-5,7,11,14H,6,9H2,1-2H3/t11?,14?,15-/m1/s1. The van der Waals surface area contributed by atoms with Crippen molar-refractivity contribution < 1.29 is 14.3 Å². The number of hydrogen-bond acceptors (Lipinski definition) is 5. The van der Waals surface area contributed by atoms with E-state index in [1.54, 1.807) is 0 Å². The van der Waals surface area contributed by atoms with Gasteiger partial charge in [0.25, 0.3) is 0 Å². The molecule has 0 bridgehead atoms. The molecule has 1 aromatic rings. The second-order valence-electron chi connectivity index (χ2n) is 5.62. The zero-order valence-corrected chi connectivity index (χ0v) is 11.5. The highest BCUT2D eigenvalue weighted by Crippen LogP contribution is 2.49. The van der Waals surface area contributed by atoms with Crippen LogP contribution in [-0.2, 0) is 4.79 Å². The average molecular weight is 272 g/mol. The Balaban J connectivity index is 2.03. The van der Waals surface area contributed by atoms with Gasteiger partial charge in [-0.25, -0.2) is 0 Å². The van der Waals surface area contributed by atoms with Crippen molar-refractivity contribution in [3.05, 3.63) is 23.8 Å². The minimum atomic E-state index is -0.589. The fourth-order valence-electron chi connectivity index (χ4n) is 3.27. The van der Waals surface area contributed by atoms with Crippen LogP contribution in [0.15, 0.2) is 18.2 Å². The third-order valence-electron chi connectivity index (χ3n) is 4.29. The topological polar surface area (TPSA) is 62.6 Å². The highest BCUT2D eigenvalue weighted by Gasteiger charge is 2.49. The Hall–Kier alpha value is -2.06. The Kier molecular flexibility index (Phi) is 2.91. The molecular formula is C15H16N2O3. The van der Waals surface area contributed by atoms with Gasteiger partial charge >= 0.3 is 0 Å². The van der Waals surface area contributed by atoms with Crippen molar-refractivity contribution >= 4 is 6.29 Å². The lowest BCUT2D eigenvalue weighted by molar-refractivity contribution is -0.111. The number of carbonyl (C=O) groups is 1. The first-order valence-corrected chi connectivity index (χ1v) is 6.57. The number of carbonyl (C=O) groups excluding carboxylic acids is 1. The van der Waals surface area contributed by atoms with E-state index >= 15 is 0 Å². The third-order valence-corrected chi connectivity index (χ3v) is 4.29. The monoisotopic (exact) mass is 272 g/mol. The van der Waals surface area contributed by atoms with E-state index in [2.05, 4.69) is 6.07 Å². The summed E-state index contributed by atoms with van der Waals surface area (Å²) in [7, 11) is 1.89. The zero-order chi connectivity index (χ0) is 14.3. The molecule has 0 amide bonds. The molecule has 0 aromatic heterocycles. The van der Waals surface area contributed by atoms with Crippen molar-refractivity contribution in [3.8, 4) is 17.6 Å². The highest BCUT2D eigenvalue weighted by atomic mass is 16.7. The SMILES string of the molecule is CN1C(C=O)C[C@](C)(C#N)C1c1ccc2c(c1)OCO2. The van der Waals surface area contributed by atoms with Crippen LogP contribution in [0.1, 0.15) is 24.9 Å². The van der Waals surface area contributed by atoms with Crippen LogP contribution in [0.4, 0.5) is 0 Å². The Bertz CT molecular complexity index is 595. The van der Waals surface area contributed by atoms with E-state index in [1.165, 1.54) is 0 Å². The second-order valence-corrected chi connectivity index (χ2v) is 5.62. The molecule has 5 nitrogen and oxygen atoms in total. The van der Waals surface area contributed by atoms with Gasteiger partial charge in [-0.3, -0.25) is 4.90 Å². The van der Waals surface area contributed by atoms with Crippen LogP contribution in [0.5, 0.6) is 11.5 Å². The van der Waals surface area contributed by atoms with Crippen molar-refractivity contribution in [2.24, 2.45) is 5.41 Å². The van der Waals surface area contributed by atoms with E-state index in [-0.39, 0.29) is 18.9 Å². The van der Waals surface area contributed by atoms with Crippen LogP contribution in [0, 0.1) is 16.7 Å². The molecule has 1 aromatic carbocycles. The number of nitriles is 1. The summed E-state index contributed by atoms with van der Waals surface area (Å²) in [5.41, 5.74) is 0.388. The lowest BCUT2D eigenvalue weighted by Gasteiger charge is -2.29. The minimum Gasteiger partial charge on any atom is -0.454 e. The van der Waals surface area contributed by atoms with Crippen LogP contribution in [0.3, 0.4) is 0 Å². The predicted octanol–water partition coefficient (Wildman–Crippen LogP) is 1.89. The van der Waals surface area contributed by atoms with Gasteiger partial charge in [0.1, 0.15) is 6.29 Å². The van der Waals surface area contributed by atoms with Gasteiger partial charge in [0.05, 0.1) is 23.6 Å². The summed E-state index contributed by atoms with van der Waals surface area (Å²) in [4.78, 5) is 13.2. The summed E-state index contributed by atoms with van der Waals surface area (Å²) in [6.45, 7) is 2.13. The predicted molar refractivity (Wildman–Crippen MR) is 71.3 cm³/mol. The average Bonchev–Trinajstić information content (AvgIpc) is 3.01. The lowest BCUT2D eigenvalue weighted by atomic mass is 9.79. The maximum atomic E-state index is 11.2. The zero-order valence-electron chi connectivity index (χ0n) is 11.5. The van der Waals surface area contributed by atoms with Gasteiger partial charge in [-0.15, -0.1) is 0 Å². The summed E-state index contributed by atoms with van der Waals surface area (Å²) >= 11 is 0. The number of nitrogens with zero attached hydrogens (tertiary/aromatic N) is 2. The number of hydrogen-bond donors (Lipinski definition) is 0. The fraction of sp³-hybridized carbons (Fsp3) is 0.467. The Morgan fingerprint density at radius 2 is 2.20 bits per heavy atom. The normalized spacial score (nSPS) is 32.0. The van der Waals surface area contributed by atoms with E-state index in [0.29, 0.717) is 12.2 Å². The van der Waals surface area contributed by atoms with Gasteiger partial charge in [-0.05, 0) is 38.1 Å². The van der Waals surface area contributed by atoms with E-state index in [4.69, 9.17) is 9.47 Å². The molecule has 0 spiro atoms. The molecule has 2 heterocycles. The maximum absolute atomic E-state index is 11.2. The molecule has 5 heteroatoms. The number of fused-ring (bicyclic) bond motifs is 1. The first kappa shape index (κ1) is 12.9. The fourth-order valence-corrected chi connectivity index (χ4v) is 3.27. The van der Waals surface area contributed by atoms with Crippen molar-refractivity contribution in [2.75, 3.05) is 13.8 Å². The Morgan fingerprint density at radius 1 is 1.45 bits per heavy atom. The minimum absolute atomic E-state index is 0.128. The highest BCUT2D eigenvalue weighted by molar-refractivity contribution is 5.60. The molecule has 2 aliphatic rings. The number of likely N-dealkylation sites (N-methyl/N-ethyl adjacent to an activating group) is 1. The van der Waals surface area contributed by atoms with Crippen LogP contribution >= 0.6 is 0 Å². The van der Waals surface area contributed by atoms with Gasteiger partial charge < -0.3 is 14.3 Å². The van der Waals surface area contributed by atoms with E-state index < -0.39 is 5.41 Å². The maximum Gasteiger partial charge on any atom is 0.231 e. The van der Waals surface area contributed by atoms with Crippen molar-refractivity contribution in [3.63, 3.8) is 0 Å². The van der Waals surface area contributed by atoms with Crippen LogP contribution in [-0.4, -0.2) is 31.1 Å². The molecule has 104 valence electrons. The molecule has 2 unspecified atom stereocenters. The summed E-state index contributed by atoms with van der Waals surface area (Å²) < 4.78 is 10.7.